The van der Waals surface area contributed by atoms with Crippen molar-refractivity contribution >= 4 is 33.1 Å². The number of rotatable bonds is 10. The van der Waals surface area contributed by atoms with Crippen LogP contribution >= 0.6 is 11.3 Å². The first-order valence-electron chi connectivity index (χ1n) is 10.6. The van der Waals surface area contributed by atoms with Gasteiger partial charge in [0.1, 0.15) is 5.01 Å². The zero-order valence-electron chi connectivity index (χ0n) is 18.8. The maximum absolute atomic E-state index is 13.0. The minimum absolute atomic E-state index is 0.0229. The van der Waals surface area contributed by atoms with Gasteiger partial charge in [-0.1, -0.05) is 49.7 Å². The molecule has 7 nitrogen and oxygen atoms in total. The van der Waals surface area contributed by atoms with Crippen LogP contribution in [0.1, 0.15) is 35.1 Å². The molecule has 3 aromatic rings. The first kappa shape index (κ1) is 24.8. The molecule has 1 heterocycles. The van der Waals surface area contributed by atoms with E-state index in [1.165, 1.54) is 49.7 Å². The molecular formula is C24H27N3O4S2. The highest BCUT2D eigenvalue weighted by Gasteiger charge is 2.24. The van der Waals surface area contributed by atoms with Gasteiger partial charge in [-0.2, -0.15) is 0 Å². The summed E-state index contributed by atoms with van der Waals surface area (Å²) in [5, 5.41) is 5.39. The number of nitrogens with zero attached hydrogens (tertiary/aromatic N) is 2. The van der Waals surface area contributed by atoms with E-state index in [-0.39, 0.29) is 22.7 Å². The number of hydrogen-bond acceptors (Lipinski definition) is 6. The highest BCUT2D eigenvalue weighted by molar-refractivity contribution is 7.89. The van der Waals surface area contributed by atoms with Crippen molar-refractivity contribution in [1.29, 1.82) is 0 Å². The molecule has 0 saturated carbocycles. The molecule has 1 N–H and O–H groups in total. The summed E-state index contributed by atoms with van der Waals surface area (Å²) in [7, 11) is -0.809. The summed E-state index contributed by atoms with van der Waals surface area (Å²) in [6.45, 7) is 1.94. The number of amides is 1. The number of aromatic nitrogens is 1. The van der Waals surface area contributed by atoms with Crippen LogP contribution in [0.25, 0.3) is 11.3 Å². The van der Waals surface area contributed by atoms with E-state index in [2.05, 4.69) is 10.3 Å². The Bertz CT molecular complexity index is 1220. The largest absolute Gasteiger partial charge is 0.342 e. The second-order valence-corrected chi connectivity index (χ2v) is 10.9. The van der Waals surface area contributed by atoms with Crippen molar-refractivity contribution < 1.29 is 18.0 Å². The van der Waals surface area contributed by atoms with Gasteiger partial charge in [-0.3, -0.25) is 9.59 Å². The average molecular weight is 486 g/mol. The van der Waals surface area contributed by atoms with Gasteiger partial charge in [0, 0.05) is 30.6 Å². The van der Waals surface area contributed by atoms with Gasteiger partial charge < -0.3 is 5.32 Å². The highest BCUT2D eigenvalue weighted by Crippen LogP contribution is 2.22. The molecule has 0 aliphatic rings. The molecule has 9 heteroatoms. The maximum Gasteiger partial charge on any atom is 0.251 e. The molecular weight excluding hydrogens is 458 g/mol. The average Bonchev–Trinajstić information content (AvgIpc) is 3.27. The Morgan fingerprint density at radius 3 is 2.48 bits per heavy atom. The van der Waals surface area contributed by atoms with Crippen LogP contribution in [0.2, 0.25) is 0 Å². The summed E-state index contributed by atoms with van der Waals surface area (Å²) in [5.41, 5.74) is 1.99. The third-order valence-corrected chi connectivity index (χ3v) is 7.75. The molecule has 1 amide bonds. The van der Waals surface area contributed by atoms with Gasteiger partial charge in [0.2, 0.25) is 10.0 Å². The molecule has 0 saturated heterocycles. The summed E-state index contributed by atoms with van der Waals surface area (Å²) in [4.78, 5) is 30.4. The van der Waals surface area contributed by atoms with E-state index in [1.807, 2.05) is 42.6 Å². The minimum atomic E-state index is -3.67. The zero-order valence-corrected chi connectivity index (χ0v) is 20.4. The number of hydrogen-bond donors (Lipinski definition) is 1. The van der Waals surface area contributed by atoms with Gasteiger partial charge in [0.25, 0.3) is 5.91 Å². The predicted molar refractivity (Wildman–Crippen MR) is 130 cm³/mol. The number of benzene rings is 2. The van der Waals surface area contributed by atoms with Gasteiger partial charge >= 0.3 is 0 Å². The van der Waals surface area contributed by atoms with E-state index < -0.39 is 22.0 Å². The minimum Gasteiger partial charge on any atom is -0.342 e. The predicted octanol–water partition coefficient (Wildman–Crippen LogP) is 3.77. The lowest BCUT2D eigenvalue weighted by Crippen LogP contribution is -2.41. The number of ketones is 1. The Hall–Kier alpha value is -2.88. The number of thiazole rings is 1. The zero-order chi connectivity index (χ0) is 24.0. The number of sulfonamides is 1. The molecule has 0 unspecified atom stereocenters. The monoisotopic (exact) mass is 485 g/mol. The quantitative estimate of drug-likeness (QED) is 0.472. The molecule has 0 aliphatic heterocycles. The number of nitrogens with one attached hydrogen (secondary N) is 1. The van der Waals surface area contributed by atoms with Gasteiger partial charge in [-0.25, -0.2) is 17.7 Å². The number of carbonyl (C=O) groups excluding carboxylic acids is 2. The van der Waals surface area contributed by atoms with Gasteiger partial charge in [0.15, 0.2) is 5.78 Å². The third-order valence-electron chi connectivity index (χ3n) is 5.09. The van der Waals surface area contributed by atoms with E-state index in [0.29, 0.717) is 17.8 Å². The Balaban J connectivity index is 1.72. The Kier molecular flexibility index (Phi) is 8.12. The van der Waals surface area contributed by atoms with Crippen molar-refractivity contribution in [2.45, 2.75) is 37.1 Å². The van der Waals surface area contributed by atoms with Gasteiger partial charge in [0.05, 0.1) is 23.1 Å². The molecule has 0 radical (unpaired) electrons. The fraction of sp³-hybridized carbons (Fsp3) is 0.292. The SMILES string of the molecule is CCC[C@H](NC(=O)c1cccc(S(=O)(=O)N(C)C)c1)C(=O)Cc1nc(-c2ccccc2)cs1. The Labute approximate surface area is 198 Å². The van der Waals surface area contributed by atoms with Crippen molar-refractivity contribution in [2.75, 3.05) is 14.1 Å². The van der Waals surface area contributed by atoms with E-state index in [1.54, 1.807) is 0 Å². The fourth-order valence-corrected chi connectivity index (χ4v) is 5.02. The lowest BCUT2D eigenvalue weighted by Gasteiger charge is -2.17. The molecule has 3 rings (SSSR count). The van der Waals surface area contributed by atoms with Crippen LogP contribution in [0.3, 0.4) is 0 Å². The highest BCUT2D eigenvalue weighted by atomic mass is 32.2. The van der Waals surface area contributed by atoms with E-state index >= 15 is 0 Å². The van der Waals surface area contributed by atoms with Gasteiger partial charge in [-0.15, -0.1) is 11.3 Å². The summed E-state index contributed by atoms with van der Waals surface area (Å²) in [6, 6.07) is 14.9. The molecule has 0 spiro atoms. The number of Topliss-reactive ketones (excluding diaryl/α,β-unsaturated/α-hetero) is 1. The van der Waals surface area contributed by atoms with E-state index in [0.717, 1.165) is 15.6 Å². The van der Waals surface area contributed by atoms with Crippen molar-refractivity contribution in [3.05, 3.63) is 70.5 Å². The van der Waals surface area contributed by atoms with Crippen molar-refractivity contribution in [2.24, 2.45) is 0 Å². The Morgan fingerprint density at radius 1 is 1.09 bits per heavy atom. The van der Waals surface area contributed by atoms with Crippen LogP contribution in [0.5, 0.6) is 0 Å². The van der Waals surface area contributed by atoms with Gasteiger partial charge in [-0.05, 0) is 24.6 Å². The van der Waals surface area contributed by atoms with E-state index in [4.69, 9.17) is 0 Å². The topological polar surface area (TPSA) is 96.4 Å². The van der Waals surface area contributed by atoms with Crippen LogP contribution in [0.15, 0.2) is 64.9 Å². The normalized spacial score (nSPS) is 12.5. The summed E-state index contributed by atoms with van der Waals surface area (Å²) < 4.78 is 25.9. The first-order valence-corrected chi connectivity index (χ1v) is 12.9. The second-order valence-electron chi connectivity index (χ2n) is 7.77. The van der Waals surface area contributed by atoms with Crippen LogP contribution in [-0.4, -0.2) is 49.5 Å². The Morgan fingerprint density at radius 2 is 1.82 bits per heavy atom. The van der Waals surface area contributed by atoms with Crippen LogP contribution in [0.4, 0.5) is 0 Å². The molecule has 1 atom stereocenters. The van der Waals surface area contributed by atoms with Crippen LogP contribution < -0.4 is 5.32 Å². The smallest absolute Gasteiger partial charge is 0.251 e. The van der Waals surface area contributed by atoms with Crippen molar-refractivity contribution in [3.63, 3.8) is 0 Å². The molecule has 0 aliphatic carbocycles. The van der Waals surface area contributed by atoms with Crippen molar-refractivity contribution in [1.82, 2.24) is 14.6 Å². The summed E-state index contributed by atoms with van der Waals surface area (Å²) in [6.07, 6.45) is 1.31. The fourth-order valence-electron chi connectivity index (χ4n) is 3.26. The summed E-state index contributed by atoms with van der Waals surface area (Å²) >= 11 is 1.41. The maximum atomic E-state index is 13.0. The van der Waals surface area contributed by atoms with Crippen LogP contribution in [-0.2, 0) is 21.2 Å². The lowest BCUT2D eigenvalue weighted by molar-refractivity contribution is -0.120. The summed E-state index contributed by atoms with van der Waals surface area (Å²) in [5.74, 6) is -0.613. The second kappa shape index (κ2) is 10.8. The first-order chi connectivity index (χ1) is 15.7. The molecule has 0 fully saturated rings. The molecule has 0 bridgehead atoms. The van der Waals surface area contributed by atoms with Crippen LogP contribution in [0, 0.1) is 0 Å². The van der Waals surface area contributed by atoms with Crippen molar-refractivity contribution in [3.8, 4) is 11.3 Å². The molecule has 1 aromatic heterocycles. The number of carbonyl (C=O) groups is 2. The standard InChI is InChI=1S/C24H27N3O4S2/c1-4-9-20(22(28)15-23-25-21(16-32-23)17-10-6-5-7-11-17)26-24(29)18-12-8-13-19(14-18)33(30,31)27(2)3/h5-8,10-14,16,20H,4,9,15H2,1-3H3,(H,26,29)/t20-/m0/s1. The molecule has 174 valence electrons. The third kappa shape index (κ3) is 6.13. The lowest BCUT2D eigenvalue weighted by atomic mass is 10.0. The molecule has 2 aromatic carbocycles. The molecule has 33 heavy (non-hydrogen) atoms. The van der Waals surface area contributed by atoms with E-state index in [9.17, 15) is 18.0 Å².